The third kappa shape index (κ3) is 2.85. The Morgan fingerprint density at radius 2 is 1.95 bits per heavy atom. The van der Waals surface area contributed by atoms with Crippen molar-refractivity contribution >= 4 is 12.1 Å². The fraction of sp³-hybridized carbons (Fsp3) is 0.857. The summed E-state index contributed by atoms with van der Waals surface area (Å²) in [4.78, 5) is 25.8. The van der Waals surface area contributed by atoms with Crippen LogP contribution < -0.4 is 0 Å². The number of hydrogen-bond acceptors (Lipinski definition) is 4. The Kier molecular flexibility index (Phi) is 3.74. The van der Waals surface area contributed by atoms with Gasteiger partial charge in [0.25, 0.3) is 0 Å². The van der Waals surface area contributed by atoms with Gasteiger partial charge in [-0.3, -0.25) is 4.79 Å². The number of nitrogens with zero attached hydrogens (tertiary/aromatic N) is 1. The van der Waals surface area contributed by atoms with Crippen molar-refractivity contribution in [2.24, 2.45) is 11.8 Å². The summed E-state index contributed by atoms with van der Waals surface area (Å²) in [6.45, 7) is 8.36. The van der Waals surface area contributed by atoms with E-state index in [-0.39, 0.29) is 29.9 Å². The van der Waals surface area contributed by atoms with Crippen LogP contribution in [0.25, 0.3) is 0 Å². The minimum atomic E-state index is -0.502. The van der Waals surface area contributed by atoms with E-state index >= 15 is 0 Å². The summed E-state index contributed by atoms with van der Waals surface area (Å²) in [5.41, 5.74) is -0.502. The molecule has 0 aromatic rings. The molecule has 1 heterocycles. The molecule has 1 aliphatic heterocycles. The monoisotopic (exact) mass is 269 g/mol. The highest BCUT2D eigenvalue weighted by Gasteiger charge is 2.53. The van der Waals surface area contributed by atoms with Crippen LogP contribution in [0.15, 0.2) is 0 Å². The van der Waals surface area contributed by atoms with Gasteiger partial charge < -0.3 is 14.4 Å². The van der Waals surface area contributed by atoms with Gasteiger partial charge in [-0.05, 0) is 46.5 Å². The summed E-state index contributed by atoms with van der Waals surface area (Å²) in [6, 6.07) is -0.0427. The standard InChI is InChI=1S/C14H23NO4/c1-5-18-12(16)11-9-6-7-10(11)15(8-9)13(17)19-14(2,3)4/h9-11H,5-8H2,1-4H3/t9-,10-,11+/m1/s1. The van der Waals surface area contributed by atoms with E-state index in [1.807, 2.05) is 20.8 Å². The van der Waals surface area contributed by atoms with Gasteiger partial charge in [0.1, 0.15) is 5.60 Å². The van der Waals surface area contributed by atoms with Crippen LogP contribution >= 0.6 is 0 Å². The average molecular weight is 269 g/mol. The van der Waals surface area contributed by atoms with Gasteiger partial charge in [0, 0.05) is 12.6 Å². The molecule has 19 heavy (non-hydrogen) atoms. The maximum Gasteiger partial charge on any atom is 0.410 e. The normalized spacial score (nSPS) is 29.5. The van der Waals surface area contributed by atoms with Crippen LogP contribution in [0, 0.1) is 11.8 Å². The van der Waals surface area contributed by atoms with Gasteiger partial charge in [-0.2, -0.15) is 0 Å². The molecule has 1 amide bonds. The number of esters is 1. The molecule has 1 saturated heterocycles. The molecular formula is C14H23NO4. The van der Waals surface area contributed by atoms with Crippen LogP contribution in [0.5, 0.6) is 0 Å². The fourth-order valence-electron chi connectivity index (χ4n) is 3.12. The molecule has 0 aromatic heterocycles. The first kappa shape index (κ1) is 14.2. The lowest BCUT2D eigenvalue weighted by atomic mass is 9.99. The maximum atomic E-state index is 12.1. The van der Waals surface area contributed by atoms with Crippen molar-refractivity contribution in [2.45, 2.75) is 52.2 Å². The summed E-state index contributed by atoms with van der Waals surface area (Å²) in [7, 11) is 0. The molecule has 108 valence electrons. The van der Waals surface area contributed by atoms with Gasteiger partial charge in [-0.25, -0.2) is 4.79 Å². The molecule has 0 N–H and O–H groups in total. The fourth-order valence-corrected chi connectivity index (χ4v) is 3.12. The second kappa shape index (κ2) is 5.02. The van der Waals surface area contributed by atoms with Gasteiger partial charge in [0.15, 0.2) is 0 Å². The maximum absolute atomic E-state index is 12.1. The van der Waals surface area contributed by atoms with E-state index in [2.05, 4.69) is 0 Å². The van der Waals surface area contributed by atoms with Crippen molar-refractivity contribution in [1.82, 2.24) is 4.90 Å². The van der Waals surface area contributed by atoms with Crippen LogP contribution in [0.1, 0.15) is 40.5 Å². The van der Waals surface area contributed by atoms with Crippen molar-refractivity contribution in [3.8, 4) is 0 Å². The average Bonchev–Trinajstić information content (AvgIpc) is 2.83. The zero-order chi connectivity index (χ0) is 14.2. The first-order valence-corrected chi connectivity index (χ1v) is 6.99. The van der Waals surface area contributed by atoms with Gasteiger partial charge in [-0.15, -0.1) is 0 Å². The van der Waals surface area contributed by atoms with E-state index in [0.717, 1.165) is 12.8 Å². The molecule has 2 aliphatic rings. The van der Waals surface area contributed by atoms with Crippen molar-refractivity contribution in [3.63, 3.8) is 0 Å². The topological polar surface area (TPSA) is 55.8 Å². The number of piperidine rings is 1. The van der Waals surface area contributed by atoms with Crippen LogP contribution in [0.2, 0.25) is 0 Å². The molecule has 5 nitrogen and oxygen atoms in total. The van der Waals surface area contributed by atoms with E-state index in [9.17, 15) is 9.59 Å². The highest BCUT2D eigenvalue weighted by molar-refractivity contribution is 5.77. The highest BCUT2D eigenvalue weighted by atomic mass is 16.6. The Bertz CT molecular complexity index is 374. The van der Waals surface area contributed by atoms with Crippen LogP contribution in [-0.2, 0) is 14.3 Å². The molecule has 0 unspecified atom stereocenters. The number of carbonyl (C=O) groups excluding carboxylic acids is 2. The number of fused-ring (bicyclic) bond motifs is 2. The van der Waals surface area contributed by atoms with Crippen molar-refractivity contribution in [3.05, 3.63) is 0 Å². The van der Waals surface area contributed by atoms with Crippen LogP contribution in [-0.4, -0.2) is 41.8 Å². The zero-order valence-corrected chi connectivity index (χ0v) is 12.1. The minimum Gasteiger partial charge on any atom is -0.466 e. The van der Waals surface area contributed by atoms with Crippen molar-refractivity contribution in [2.75, 3.05) is 13.2 Å². The van der Waals surface area contributed by atoms with Crippen LogP contribution in [0.4, 0.5) is 4.79 Å². The molecular weight excluding hydrogens is 246 g/mol. The van der Waals surface area contributed by atoms with Crippen LogP contribution in [0.3, 0.4) is 0 Å². The van der Waals surface area contributed by atoms with Crippen molar-refractivity contribution in [1.29, 1.82) is 0 Å². The largest absolute Gasteiger partial charge is 0.466 e. The van der Waals surface area contributed by atoms with E-state index < -0.39 is 5.60 Å². The SMILES string of the molecule is CCOC(=O)[C@H]1[C@@H]2CC[C@H]1N(C(=O)OC(C)(C)C)C2. The molecule has 0 spiro atoms. The summed E-state index contributed by atoms with van der Waals surface area (Å²) in [5, 5.41) is 0. The van der Waals surface area contributed by atoms with E-state index in [4.69, 9.17) is 9.47 Å². The Hall–Kier alpha value is -1.26. The third-order valence-corrected chi connectivity index (χ3v) is 3.77. The summed E-state index contributed by atoms with van der Waals surface area (Å²) in [5.74, 6) is -0.0925. The Labute approximate surface area is 114 Å². The number of hydrogen-bond donors (Lipinski definition) is 0. The lowest BCUT2D eigenvalue weighted by molar-refractivity contribution is -0.149. The van der Waals surface area contributed by atoms with Gasteiger partial charge in [0.05, 0.1) is 12.5 Å². The van der Waals surface area contributed by atoms with E-state index in [1.54, 1.807) is 11.8 Å². The number of carbonyl (C=O) groups is 2. The van der Waals surface area contributed by atoms with E-state index in [1.165, 1.54) is 0 Å². The van der Waals surface area contributed by atoms with Crippen molar-refractivity contribution < 1.29 is 19.1 Å². The molecule has 0 radical (unpaired) electrons. The lowest BCUT2D eigenvalue weighted by Crippen LogP contribution is -2.42. The molecule has 2 rings (SSSR count). The zero-order valence-electron chi connectivity index (χ0n) is 12.1. The summed E-state index contributed by atoms with van der Waals surface area (Å²) in [6.07, 6.45) is 1.55. The molecule has 5 heteroatoms. The Morgan fingerprint density at radius 1 is 1.26 bits per heavy atom. The molecule has 2 bridgehead atoms. The molecule has 1 aliphatic carbocycles. The predicted molar refractivity (Wildman–Crippen MR) is 69.6 cm³/mol. The molecule has 0 aromatic carbocycles. The first-order chi connectivity index (χ1) is 8.83. The second-order valence-corrected chi connectivity index (χ2v) is 6.32. The quantitative estimate of drug-likeness (QED) is 0.721. The van der Waals surface area contributed by atoms with E-state index in [0.29, 0.717) is 13.2 Å². The Morgan fingerprint density at radius 3 is 2.53 bits per heavy atom. The number of ether oxygens (including phenoxy) is 2. The summed E-state index contributed by atoms with van der Waals surface area (Å²) < 4.78 is 10.5. The number of likely N-dealkylation sites (tertiary alicyclic amines) is 1. The van der Waals surface area contributed by atoms with Gasteiger partial charge in [-0.1, -0.05) is 0 Å². The number of amides is 1. The van der Waals surface area contributed by atoms with Gasteiger partial charge in [0.2, 0.25) is 0 Å². The minimum absolute atomic E-state index is 0.0427. The first-order valence-electron chi connectivity index (χ1n) is 6.99. The molecule has 3 atom stereocenters. The van der Waals surface area contributed by atoms with Gasteiger partial charge >= 0.3 is 12.1 Å². The molecule has 1 saturated carbocycles. The third-order valence-electron chi connectivity index (χ3n) is 3.77. The summed E-state index contributed by atoms with van der Waals surface area (Å²) >= 11 is 0. The number of rotatable bonds is 2. The predicted octanol–water partition coefficient (Wildman–Crippen LogP) is 2.20. The smallest absolute Gasteiger partial charge is 0.410 e. The second-order valence-electron chi connectivity index (χ2n) is 6.32. The highest BCUT2D eigenvalue weighted by Crippen LogP contribution is 2.43. The molecule has 2 fully saturated rings. The lowest BCUT2D eigenvalue weighted by Gasteiger charge is -2.30. The Balaban J connectivity index is 2.03.